The van der Waals surface area contributed by atoms with E-state index in [1.165, 1.54) is 0 Å². The Kier molecular flexibility index (Phi) is 4.81. The van der Waals surface area contributed by atoms with E-state index in [2.05, 4.69) is 10.1 Å². The second-order valence-electron chi connectivity index (χ2n) is 6.35. The second kappa shape index (κ2) is 7.40. The van der Waals surface area contributed by atoms with Gasteiger partial charge in [-0.15, -0.1) is 5.10 Å². The molecule has 1 aliphatic rings. The number of methoxy groups -OCH3 is 1. The number of ether oxygens (including phenoxy) is 1. The zero-order chi connectivity index (χ0) is 18.8. The van der Waals surface area contributed by atoms with Gasteiger partial charge in [0.1, 0.15) is 5.75 Å². The summed E-state index contributed by atoms with van der Waals surface area (Å²) in [5, 5.41) is 5.04. The topological polar surface area (TPSA) is 60.2 Å². The van der Waals surface area contributed by atoms with Crippen molar-refractivity contribution in [1.29, 1.82) is 0 Å². The van der Waals surface area contributed by atoms with Gasteiger partial charge in [0.15, 0.2) is 5.82 Å². The van der Waals surface area contributed by atoms with Crippen LogP contribution in [0, 0.1) is 0 Å². The Balaban J connectivity index is 1.82. The normalized spacial score (nSPS) is 13.8. The summed E-state index contributed by atoms with van der Waals surface area (Å²) in [6.45, 7) is 1.49. The summed E-state index contributed by atoms with van der Waals surface area (Å²) in [4.78, 5) is 19.1. The minimum atomic E-state index is -0.145. The van der Waals surface area contributed by atoms with Gasteiger partial charge in [-0.05, 0) is 49.2 Å². The number of carbonyl (C=O) groups excluding carboxylic acids is 1. The predicted molar refractivity (Wildman–Crippen MR) is 103 cm³/mol. The Bertz CT molecular complexity index is 962. The summed E-state index contributed by atoms with van der Waals surface area (Å²) in [7, 11) is 1.62. The van der Waals surface area contributed by atoms with Gasteiger partial charge in [-0.3, -0.25) is 4.79 Å². The first-order valence-electron chi connectivity index (χ1n) is 8.83. The maximum Gasteiger partial charge on any atom is 0.293 e. The van der Waals surface area contributed by atoms with Gasteiger partial charge >= 0.3 is 0 Å². The van der Waals surface area contributed by atoms with Crippen LogP contribution in [-0.2, 0) is 0 Å². The van der Waals surface area contributed by atoms with Crippen molar-refractivity contribution in [2.75, 3.05) is 20.2 Å². The van der Waals surface area contributed by atoms with Crippen LogP contribution in [0.3, 0.4) is 0 Å². The molecule has 0 atom stereocenters. The molecule has 1 saturated heterocycles. The lowest BCUT2D eigenvalue weighted by Gasteiger charge is -2.11. The van der Waals surface area contributed by atoms with Gasteiger partial charge in [0.05, 0.1) is 17.8 Å². The molecule has 0 bridgehead atoms. The molecule has 3 aromatic rings. The fourth-order valence-corrected chi connectivity index (χ4v) is 3.40. The van der Waals surface area contributed by atoms with Gasteiger partial charge in [0.25, 0.3) is 5.91 Å². The molecule has 138 valence electrons. The molecule has 1 aliphatic heterocycles. The van der Waals surface area contributed by atoms with E-state index in [1.54, 1.807) is 22.8 Å². The first kappa shape index (κ1) is 17.5. The molecule has 0 saturated carbocycles. The summed E-state index contributed by atoms with van der Waals surface area (Å²) in [5.74, 6) is 1.35. The number of amides is 1. The number of hydrogen-bond acceptors (Lipinski definition) is 4. The van der Waals surface area contributed by atoms with Crippen LogP contribution in [0.5, 0.6) is 5.75 Å². The van der Waals surface area contributed by atoms with E-state index in [-0.39, 0.29) is 11.7 Å². The van der Waals surface area contributed by atoms with Crippen LogP contribution in [0.1, 0.15) is 23.5 Å². The molecule has 1 fully saturated rings. The third-order valence-electron chi connectivity index (χ3n) is 4.62. The lowest BCUT2D eigenvalue weighted by Crippen LogP contribution is -2.28. The Morgan fingerprint density at radius 1 is 1.07 bits per heavy atom. The number of nitrogens with zero attached hydrogens (tertiary/aromatic N) is 4. The van der Waals surface area contributed by atoms with Crippen LogP contribution in [0.25, 0.3) is 17.1 Å². The van der Waals surface area contributed by atoms with Crippen molar-refractivity contribution in [3.63, 3.8) is 0 Å². The Labute approximate surface area is 162 Å². The van der Waals surface area contributed by atoms with Crippen molar-refractivity contribution in [2.24, 2.45) is 0 Å². The quantitative estimate of drug-likeness (QED) is 0.688. The number of aromatic nitrogens is 3. The molecule has 2 heterocycles. The molecule has 27 heavy (non-hydrogen) atoms. The van der Waals surface area contributed by atoms with Gasteiger partial charge in [-0.25, -0.2) is 9.67 Å². The monoisotopic (exact) mass is 382 g/mol. The Hall–Kier alpha value is -2.86. The van der Waals surface area contributed by atoms with Gasteiger partial charge in [-0.1, -0.05) is 23.7 Å². The standard InChI is InChI=1S/C20H19ClN4O2/c1-27-15-10-8-14(9-11-15)19-22-18(20(26)24-12-4-5-13-24)23-25(19)17-7-3-2-6-16(17)21/h2-3,6-11H,4-5,12-13H2,1H3. The van der Waals surface area contributed by atoms with Crippen LogP contribution in [0.15, 0.2) is 48.5 Å². The molecule has 6 nitrogen and oxygen atoms in total. The number of carbonyl (C=O) groups is 1. The van der Waals surface area contributed by atoms with E-state index < -0.39 is 0 Å². The first-order valence-corrected chi connectivity index (χ1v) is 9.21. The summed E-state index contributed by atoms with van der Waals surface area (Å²) in [6.07, 6.45) is 2.03. The highest BCUT2D eigenvalue weighted by Crippen LogP contribution is 2.27. The van der Waals surface area contributed by atoms with Crippen LogP contribution in [0.4, 0.5) is 0 Å². The van der Waals surface area contributed by atoms with Crippen LogP contribution in [0.2, 0.25) is 5.02 Å². The van der Waals surface area contributed by atoms with E-state index >= 15 is 0 Å². The average Bonchev–Trinajstić information content (AvgIpc) is 3.38. The highest BCUT2D eigenvalue weighted by atomic mass is 35.5. The molecular formula is C20H19ClN4O2. The van der Waals surface area contributed by atoms with Gasteiger partial charge in [-0.2, -0.15) is 0 Å². The lowest BCUT2D eigenvalue weighted by atomic mass is 10.2. The zero-order valence-electron chi connectivity index (χ0n) is 14.9. The summed E-state index contributed by atoms with van der Waals surface area (Å²) >= 11 is 6.38. The number of halogens is 1. The number of para-hydroxylation sites is 1. The van der Waals surface area contributed by atoms with Crippen molar-refractivity contribution < 1.29 is 9.53 Å². The zero-order valence-corrected chi connectivity index (χ0v) is 15.7. The second-order valence-corrected chi connectivity index (χ2v) is 6.76. The summed E-state index contributed by atoms with van der Waals surface area (Å²) in [6, 6.07) is 14.9. The highest BCUT2D eigenvalue weighted by molar-refractivity contribution is 6.32. The number of benzene rings is 2. The number of rotatable bonds is 4. The molecule has 0 aliphatic carbocycles. The molecule has 4 rings (SSSR count). The van der Waals surface area contributed by atoms with Crippen LogP contribution < -0.4 is 4.74 Å². The van der Waals surface area contributed by atoms with E-state index in [1.807, 2.05) is 42.5 Å². The van der Waals surface area contributed by atoms with Gasteiger partial charge in [0, 0.05) is 18.7 Å². The molecule has 0 unspecified atom stereocenters. The first-order chi connectivity index (χ1) is 13.2. The molecule has 2 aromatic carbocycles. The lowest BCUT2D eigenvalue weighted by molar-refractivity contribution is 0.0781. The van der Waals surface area contributed by atoms with Crippen LogP contribution >= 0.6 is 11.6 Å². The molecule has 0 N–H and O–H groups in total. The fourth-order valence-electron chi connectivity index (χ4n) is 3.18. The Morgan fingerprint density at radius 3 is 2.44 bits per heavy atom. The number of likely N-dealkylation sites (tertiary alicyclic amines) is 1. The summed E-state index contributed by atoms with van der Waals surface area (Å²) < 4.78 is 6.86. The minimum absolute atomic E-state index is 0.145. The smallest absolute Gasteiger partial charge is 0.293 e. The number of hydrogen-bond donors (Lipinski definition) is 0. The predicted octanol–water partition coefficient (Wildman–Crippen LogP) is 3.83. The minimum Gasteiger partial charge on any atom is -0.497 e. The third kappa shape index (κ3) is 3.40. The average molecular weight is 383 g/mol. The molecule has 0 radical (unpaired) electrons. The van der Waals surface area contributed by atoms with Crippen molar-refractivity contribution in [2.45, 2.75) is 12.8 Å². The molecule has 1 aromatic heterocycles. The molecule has 1 amide bonds. The molecule has 7 heteroatoms. The van der Waals surface area contributed by atoms with Gasteiger partial charge < -0.3 is 9.64 Å². The van der Waals surface area contributed by atoms with Crippen LogP contribution in [-0.4, -0.2) is 45.8 Å². The van der Waals surface area contributed by atoms with Gasteiger partial charge in [0.2, 0.25) is 5.82 Å². The maximum atomic E-state index is 12.8. The largest absolute Gasteiger partial charge is 0.497 e. The van der Waals surface area contributed by atoms with Crippen molar-refractivity contribution in [3.05, 3.63) is 59.4 Å². The molecule has 0 spiro atoms. The van der Waals surface area contributed by atoms with E-state index in [4.69, 9.17) is 16.3 Å². The van der Waals surface area contributed by atoms with Crippen molar-refractivity contribution in [3.8, 4) is 22.8 Å². The molecular weight excluding hydrogens is 364 g/mol. The Morgan fingerprint density at radius 2 is 1.78 bits per heavy atom. The third-order valence-corrected chi connectivity index (χ3v) is 4.94. The highest BCUT2D eigenvalue weighted by Gasteiger charge is 2.25. The van der Waals surface area contributed by atoms with Crippen molar-refractivity contribution >= 4 is 17.5 Å². The fraction of sp³-hybridized carbons (Fsp3) is 0.250. The van der Waals surface area contributed by atoms with E-state index in [9.17, 15) is 4.79 Å². The SMILES string of the molecule is COc1ccc(-c2nc(C(=O)N3CCCC3)nn2-c2ccccc2Cl)cc1. The van der Waals surface area contributed by atoms with Crippen molar-refractivity contribution in [1.82, 2.24) is 19.7 Å². The summed E-state index contributed by atoms with van der Waals surface area (Å²) in [5.41, 5.74) is 1.50. The maximum absolute atomic E-state index is 12.8. The van der Waals surface area contributed by atoms with E-state index in [0.717, 1.165) is 37.2 Å². The van der Waals surface area contributed by atoms with E-state index in [0.29, 0.717) is 16.5 Å².